The number of nitrogens with zero attached hydrogens (tertiary/aromatic N) is 2. The zero-order valence-corrected chi connectivity index (χ0v) is 13.5. The van der Waals surface area contributed by atoms with Crippen molar-refractivity contribution in [2.75, 3.05) is 18.1 Å². The molecule has 0 radical (unpaired) electrons. The Morgan fingerprint density at radius 3 is 2.62 bits per heavy atom. The Morgan fingerprint density at radius 2 is 2.00 bits per heavy atom. The van der Waals surface area contributed by atoms with E-state index in [2.05, 4.69) is 35.4 Å². The number of hydrogen-bond donors (Lipinski definition) is 1. The Bertz CT molecular complexity index is 560. The van der Waals surface area contributed by atoms with Crippen molar-refractivity contribution in [3.05, 3.63) is 42.0 Å². The molecule has 1 unspecified atom stereocenters. The Balaban J connectivity index is 1.91. The summed E-state index contributed by atoms with van der Waals surface area (Å²) in [5.74, 6) is 1.72. The summed E-state index contributed by atoms with van der Waals surface area (Å²) in [7, 11) is 0. The Morgan fingerprint density at radius 1 is 1.19 bits per heavy atom. The van der Waals surface area contributed by atoms with Crippen LogP contribution in [0.25, 0.3) is 0 Å². The van der Waals surface area contributed by atoms with Gasteiger partial charge in [-0.3, -0.25) is 0 Å². The Hall–Kier alpha value is -1.75. The minimum absolute atomic E-state index is 0.105. The van der Waals surface area contributed by atoms with Crippen molar-refractivity contribution in [1.82, 2.24) is 10.2 Å². The number of para-hydroxylation sites is 1. The maximum absolute atomic E-state index is 6.05. The fourth-order valence-electron chi connectivity index (χ4n) is 1.88. The van der Waals surface area contributed by atoms with Gasteiger partial charge in [-0.25, -0.2) is 0 Å². The van der Waals surface area contributed by atoms with Gasteiger partial charge in [-0.15, -0.1) is 22.0 Å². The highest BCUT2D eigenvalue weighted by atomic mass is 32.2. The van der Waals surface area contributed by atoms with Gasteiger partial charge in [-0.05, 0) is 43.4 Å². The van der Waals surface area contributed by atoms with E-state index in [-0.39, 0.29) is 6.10 Å². The second kappa shape index (κ2) is 7.88. The lowest BCUT2D eigenvalue weighted by Crippen LogP contribution is -2.26. The number of nitrogens with one attached hydrogen (secondary N) is 1. The average molecular weight is 303 g/mol. The highest BCUT2D eigenvalue weighted by Gasteiger charge is 2.10. The van der Waals surface area contributed by atoms with Crippen LogP contribution in [-0.4, -0.2) is 29.1 Å². The van der Waals surface area contributed by atoms with Gasteiger partial charge in [0.25, 0.3) is 0 Å². The lowest BCUT2D eigenvalue weighted by atomic mass is 10.2. The minimum atomic E-state index is 0.105. The zero-order valence-electron chi connectivity index (χ0n) is 12.7. The summed E-state index contributed by atoms with van der Waals surface area (Å²) in [6.07, 6.45) is 3.02. The van der Waals surface area contributed by atoms with Crippen molar-refractivity contribution in [2.24, 2.45) is 0 Å². The molecule has 4 nitrogen and oxygen atoms in total. The standard InChI is InChI=1S/C16H21N3OS/c1-4-13(20-14-8-6-5-7-12(14)2)11-17-15-9-10-16(21-3)19-18-15/h5-10,13H,4,11H2,1-3H3,(H,17,18). The maximum atomic E-state index is 6.05. The van der Waals surface area contributed by atoms with Crippen molar-refractivity contribution in [3.63, 3.8) is 0 Å². The molecule has 1 aromatic carbocycles. The van der Waals surface area contributed by atoms with Gasteiger partial charge in [0.1, 0.15) is 22.7 Å². The summed E-state index contributed by atoms with van der Waals surface area (Å²) in [5, 5.41) is 12.5. The van der Waals surface area contributed by atoms with Gasteiger partial charge in [0.2, 0.25) is 0 Å². The molecule has 2 aromatic rings. The van der Waals surface area contributed by atoms with E-state index in [4.69, 9.17) is 4.74 Å². The molecule has 0 fully saturated rings. The third kappa shape index (κ3) is 4.63. The number of benzene rings is 1. The first-order valence-corrected chi connectivity index (χ1v) is 8.29. The quantitative estimate of drug-likeness (QED) is 0.789. The monoisotopic (exact) mass is 303 g/mol. The number of aryl methyl sites for hydroxylation is 1. The van der Waals surface area contributed by atoms with Crippen molar-refractivity contribution in [3.8, 4) is 5.75 Å². The van der Waals surface area contributed by atoms with Gasteiger partial charge in [0, 0.05) is 0 Å². The number of rotatable bonds is 7. The predicted octanol–water partition coefficient (Wildman–Crippen LogP) is 3.78. The molecule has 112 valence electrons. The summed E-state index contributed by atoms with van der Waals surface area (Å²) < 4.78 is 6.05. The minimum Gasteiger partial charge on any atom is -0.488 e. The molecular formula is C16H21N3OS. The maximum Gasteiger partial charge on any atom is 0.148 e. The van der Waals surface area contributed by atoms with Gasteiger partial charge in [0.15, 0.2) is 0 Å². The molecule has 0 amide bonds. The largest absolute Gasteiger partial charge is 0.488 e. The van der Waals surface area contributed by atoms with Crippen LogP contribution >= 0.6 is 11.8 Å². The van der Waals surface area contributed by atoms with E-state index in [1.165, 1.54) is 0 Å². The lowest BCUT2D eigenvalue weighted by molar-refractivity contribution is 0.208. The summed E-state index contributed by atoms with van der Waals surface area (Å²) in [6, 6.07) is 12.0. The van der Waals surface area contributed by atoms with Gasteiger partial charge < -0.3 is 10.1 Å². The molecule has 1 aromatic heterocycles. The summed E-state index contributed by atoms with van der Waals surface area (Å²) in [5.41, 5.74) is 1.15. The molecule has 21 heavy (non-hydrogen) atoms. The molecule has 0 saturated heterocycles. The number of hydrogen-bond acceptors (Lipinski definition) is 5. The Labute approximate surface area is 130 Å². The molecule has 0 aliphatic rings. The SMILES string of the molecule is CCC(CNc1ccc(SC)nn1)Oc1ccccc1C. The number of anilines is 1. The number of aromatic nitrogens is 2. The summed E-state index contributed by atoms with van der Waals surface area (Å²) >= 11 is 1.58. The molecule has 1 heterocycles. The molecule has 0 aliphatic heterocycles. The van der Waals surface area contributed by atoms with Crippen LogP contribution in [0, 0.1) is 6.92 Å². The molecule has 5 heteroatoms. The van der Waals surface area contributed by atoms with Crippen LogP contribution in [-0.2, 0) is 0 Å². The van der Waals surface area contributed by atoms with Gasteiger partial charge in [0.05, 0.1) is 6.54 Å². The molecule has 0 bridgehead atoms. The fourth-order valence-corrected chi connectivity index (χ4v) is 2.21. The second-order valence-corrected chi connectivity index (χ2v) is 5.58. The van der Waals surface area contributed by atoms with E-state index >= 15 is 0 Å². The van der Waals surface area contributed by atoms with E-state index in [0.29, 0.717) is 6.54 Å². The Kier molecular flexibility index (Phi) is 5.87. The smallest absolute Gasteiger partial charge is 0.148 e. The molecule has 1 atom stereocenters. The van der Waals surface area contributed by atoms with Crippen LogP contribution < -0.4 is 10.1 Å². The van der Waals surface area contributed by atoms with Crippen LogP contribution in [0.1, 0.15) is 18.9 Å². The van der Waals surface area contributed by atoms with Crippen LogP contribution in [0.4, 0.5) is 5.82 Å². The first-order chi connectivity index (χ1) is 10.2. The number of ether oxygens (including phenoxy) is 1. The van der Waals surface area contributed by atoms with Crippen molar-refractivity contribution in [1.29, 1.82) is 0 Å². The van der Waals surface area contributed by atoms with Crippen molar-refractivity contribution < 1.29 is 4.74 Å². The first-order valence-electron chi connectivity index (χ1n) is 7.06. The fraction of sp³-hybridized carbons (Fsp3) is 0.375. The van der Waals surface area contributed by atoms with Crippen LogP contribution in [0.3, 0.4) is 0 Å². The van der Waals surface area contributed by atoms with Gasteiger partial charge in [-0.2, -0.15) is 0 Å². The molecular weight excluding hydrogens is 282 g/mol. The molecule has 0 saturated carbocycles. The van der Waals surface area contributed by atoms with Crippen molar-refractivity contribution in [2.45, 2.75) is 31.4 Å². The molecule has 2 rings (SSSR count). The van der Waals surface area contributed by atoms with E-state index in [0.717, 1.165) is 28.6 Å². The zero-order chi connectivity index (χ0) is 15.1. The van der Waals surface area contributed by atoms with Crippen LogP contribution in [0.2, 0.25) is 0 Å². The van der Waals surface area contributed by atoms with E-state index in [1.807, 2.05) is 36.6 Å². The first kappa shape index (κ1) is 15.6. The van der Waals surface area contributed by atoms with E-state index in [1.54, 1.807) is 11.8 Å². The number of thioether (sulfide) groups is 1. The highest BCUT2D eigenvalue weighted by molar-refractivity contribution is 7.98. The third-order valence-electron chi connectivity index (χ3n) is 3.20. The molecule has 0 spiro atoms. The molecule has 1 N–H and O–H groups in total. The summed E-state index contributed by atoms with van der Waals surface area (Å²) in [4.78, 5) is 0. The topological polar surface area (TPSA) is 47.0 Å². The third-order valence-corrected chi connectivity index (χ3v) is 3.84. The van der Waals surface area contributed by atoms with Crippen molar-refractivity contribution >= 4 is 17.6 Å². The average Bonchev–Trinajstić information content (AvgIpc) is 2.53. The lowest BCUT2D eigenvalue weighted by Gasteiger charge is -2.19. The van der Waals surface area contributed by atoms with Gasteiger partial charge in [-0.1, -0.05) is 25.1 Å². The molecule has 0 aliphatic carbocycles. The van der Waals surface area contributed by atoms with Crippen LogP contribution in [0.15, 0.2) is 41.4 Å². The van der Waals surface area contributed by atoms with Gasteiger partial charge >= 0.3 is 0 Å². The van der Waals surface area contributed by atoms with E-state index in [9.17, 15) is 0 Å². The normalized spacial score (nSPS) is 12.0. The van der Waals surface area contributed by atoms with Crippen LogP contribution in [0.5, 0.6) is 5.75 Å². The predicted molar refractivity (Wildman–Crippen MR) is 88.2 cm³/mol. The summed E-state index contributed by atoms with van der Waals surface area (Å²) in [6.45, 7) is 4.88. The van der Waals surface area contributed by atoms with E-state index < -0.39 is 0 Å². The second-order valence-electron chi connectivity index (χ2n) is 4.76. The highest BCUT2D eigenvalue weighted by Crippen LogP contribution is 2.19.